The molecule has 0 fully saturated rings. The summed E-state index contributed by atoms with van der Waals surface area (Å²) < 4.78 is 6.03. The zero-order valence-electron chi connectivity index (χ0n) is 16.4. The zero-order valence-corrected chi connectivity index (χ0v) is 16.4. The van der Waals surface area contributed by atoms with Crippen LogP contribution in [0.1, 0.15) is 22.3 Å². The van der Waals surface area contributed by atoms with Gasteiger partial charge in [-0.2, -0.15) is 0 Å². The minimum Gasteiger partial charge on any atom is -0.489 e. The van der Waals surface area contributed by atoms with E-state index in [2.05, 4.69) is 92.0 Å². The van der Waals surface area contributed by atoms with Crippen LogP contribution in [0.2, 0.25) is 0 Å². The maximum Gasteiger partial charge on any atom is 0.119 e. The van der Waals surface area contributed by atoms with E-state index in [9.17, 15) is 0 Å². The van der Waals surface area contributed by atoms with Crippen molar-refractivity contribution in [3.63, 3.8) is 0 Å². The molecule has 28 heavy (non-hydrogen) atoms. The van der Waals surface area contributed by atoms with E-state index < -0.39 is 0 Å². The first-order valence-corrected chi connectivity index (χ1v) is 9.68. The molecule has 0 saturated carbocycles. The Morgan fingerprint density at radius 1 is 0.786 bits per heavy atom. The maximum atomic E-state index is 6.03. The minimum absolute atomic E-state index is 0.571. The lowest BCUT2D eigenvalue weighted by Gasteiger charge is -2.12. The van der Waals surface area contributed by atoms with Crippen LogP contribution in [-0.2, 0) is 13.2 Å². The molecule has 0 amide bonds. The number of anilines is 1. The molecule has 2 nitrogen and oxygen atoms in total. The summed E-state index contributed by atoms with van der Waals surface area (Å²) in [7, 11) is 0. The molecule has 0 aliphatic carbocycles. The van der Waals surface area contributed by atoms with Gasteiger partial charge in [-0.1, -0.05) is 66.7 Å². The van der Waals surface area contributed by atoms with Gasteiger partial charge in [-0.05, 0) is 65.1 Å². The van der Waals surface area contributed by atoms with E-state index >= 15 is 0 Å². The van der Waals surface area contributed by atoms with Crippen LogP contribution in [0, 0.1) is 13.8 Å². The van der Waals surface area contributed by atoms with E-state index in [4.69, 9.17) is 4.74 Å². The molecule has 4 aromatic rings. The molecule has 0 aliphatic rings. The van der Waals surface area contributed by atoms with E-state index in [0.717, 1.165) is 12.3 Å². The van der Waals surface area contributed by atoms with E-state index in [-0.39, 0.29) is 0 Å². The van der Waals surface area contributed by atoms with Crippen LogP contribution in [0.5, 0.6) is 5.75 Å². The number of benzene rings is 4. The second kappa shape index (κ2) is 8.18. The molecule has 0 unspecified atom stereocenters. The summed E-state index contributed by atoms with van der Waals surface area (Å²) in [5, 5.41) is 6.02. The molecule has 0 bridgehead atoms. The third kappa shape index (κ3) is 4.17. The van der Waals surface area contributed by atoms with Crippen molar-refractivity contribution < 1.29 is 4.74 Å². The Morgan fingerprint density at radius 3 is 2.43 bits per heavy atom. The standard InChI is InChI=1S/C26H25NO/c1-19-10-11-20(2)26(16-19)27-17-21-12-14-24(15-13-21)28-18-23-8-5-7-22-6-3-4-9-25(22)23/h3-16,27H,17-18H2,1-2H3. The Kier molecular flexibility index (Phi) is 5.29. The van der Waals surface area contributed by atoms with Gasteiger partial charge in [0.25, 0.3) is 0 Å². The first kappa shape index (κ1) is 18.1. The van der Waals surface area contributed by atoms with Gasteiger partial charge >= 0.3 is 0 Å². The highest BCUT2D eigenvalue weighted by Gasteiger charge is 2.03. The van der Waals surface area contributed by atoms with Crippen molar-refractivity contribution in [2.24, 2.45) is 0 Å². The second-order valence-electron chi connectivity index (χ2n) is 7.24. The number of fused-ring (bicyclic) bond motifs is 1. The summed E-state index contributed by atoms with van der Waals surface area (Å²) in [6.45, 7) is 5.62. The van der Waals surface area contributed by atoms with Gasteiger partial charge in [-0.3, -0.25) is 0 Å². The summed E-state index contributed by atoms with van der Waals surface area (Å²) in [6, 6.07) is 29.6. The highest BCUT2D eigenvalue weighted by molar-refractivity contribution is 5.85. The first-order chi connectivity index (χ1) is 13.7. The molecule has 0 saturated heterocycles. The van der Waals surface area contributed by atoms with Crippen molar-refractivity contribution in [3.8, 4) is 5.75 Å². The first-order valence-electron chi connectivity index (χ1n) is 9.68. The largest absolute Gasteiger partial charge is 0.489 e. The van der Waals surface area contributed by atoms with Crippen LogP contribution in [-0.4, -0.2) is 0 Å². The molecule has 0 radical (unpaired) electrons. The van der Waals surface area contributed by atoms with Crippen LogP contribution in [0.3, 0.4) is 0 Å². The molecule has 0 spiro atoms. The van der Waals surface area contributed by atoms with Crippen molar-refractivity contribution in [2.75, 3.05) is 5.32 Å². The van der Waals surface area contributed by atoms with Crippen molar-refractivity contribution in [2.45, 2.75) is 27.0 Å². The fourth-order valence-corrected chi connectivity index (χ4v) is 3.41. The van der Waals surface area contributed by atoms with Gasteiger partial charge in [-0.25, -0.2) is 0 Å². The second-order valence-corrected chi connectivity index (χ2v) is 7.24. The summed E-state index contributed by atoms with van der Waals surface area (Å²) in [5.74, 6) is 0.892. The number of ether oxygens (including phenoxy) is 1. The number of hydrogen-bond donors (Lipinski definition) is 1. The number of rotatable bonds is 6. The Labute approximate surface area is 166 Å². The summed E-state index contributed by atoms with van der Waals surface area (Å²) in [6.07, 6.45) is 0. The van der Waals surface area contributed by atoms with Crippen LogP contribution in [0.4, 0.5) is 5.69 Å². The quantitative estimate of drug-likeness (QED) is 0.412. The molecule has 2 heteroatoms. The average molecular weight is 367 g/mol. The lowest BCUT2D eigenvalue weighted by atomic mass is 10.1. The fourth-order valence-electron chi connectivity index (χ4n) is 3.41. The predicted octanol–water partition coefficient (Wildman–Crippen LogP) is 6.65. The lowest BCUT2D eigenvalue weighted by molar-refractivity contribution is 0.307. The summed E-state index contributed by atoms with van der Waals surface area (Å²) in [5.41, 5.74) is 6.17. The molecular formula is C26H25NO. The molecule has 4 aromatic carbocycles. The van der Waals surface area contributed by atoms with Crippen LogP contribution < -0.4 is 10.1 Å². The van der Waals surface area contributed by atoms with Crippen molar-refractivity contribution >= 4 is 16.5 Å². The van der Waals surface area contributed by atoms with E-state index in [1.54, 1.807) is 0 Å². The Morgan fingerprint density at radius 2 is 1.57 bits per heavy atom. The maximum absolute atomic E-state index is 6.03. The summed E-state index contributed by atoms with van der Waals surface area (Å²) in [4.78, 5) is 0. The Bertz CT molecular complexity index is 1080. The van der Waals surface area contributed by atoms with Crippen molar-refractivity contribution in [3.05, 3.63) is 107 Å². The Hall–Kier alpha value is -3.26. The van der Waals surface area contributed by atoms with Crippen molar-refractivity contribution in [1.29, 1.82) is 0 Å². The zero-order chi connectivity index (χ0) is 19.3. The van der Waals surface area contributed by atoms with Gasteiger partial charge < -0.3 is 10.1 Å². The van der Waals surface area contributed by atoms with Crippen LogP contribution >= 0.6 is 0 Å². The van der Waals surface area contributed by atoms with Gasteiger partial charge in [0, 0.05) is 12.2 Å². The molecule has 1 N–H and O–H groups in total. The monoisotopic (exact) mass is 367 g/mol. The lowest BCUT2D eigenvalue weighted by Crippen LogP contribution is -2.01. The van der Waals surface area contributed by atoms with Crippen LogP contribution in [0.25, 0.3) is 10.8 Å². The van der Waals surface area contributed by atoms with Gasteiger partial charge in [0.15, 0.2) is 0 Å². The third-order valence-corrected chi connectivity index (χ3v) is 5.07. The predicted molar refractivity (Wildman–Crippen MR) is 118 cm³/mol. The van der Waals surface area contributed by atoms with E-state index in [1.807, 2.05) is 12.1 Å². The third-order valence-electron chi connectivity index (χ3n) is 5.07. The van der Waals surface area contributed by atoms with E-state index in [1.165, 1.54) is 38.7 Å². The van der Waals surface area contributed by atoms with Gasteiger partial charge in [0.05, 0.1) is 0 Å². The minimum atomic E-state index is 0.571. The van der Waals surface area contributed by atoms with Crippen LogP contribution in [0.15, 0.2) is 84.9 Å². The molecule has 0 atom stereocenters. The molecule has 0 heterocycles. The fraction of sp³-hybridized carbons (Fsp3) is 0.154. The molecule has 0 aliphatic heterocycles. The normalized spacial score (nSPS) is 10.8. The number of aryl methyl sites for hydroxylation is 2. The average Bonchev–Trinajstić information content (AvgIpc) is 2.73. The number of nitrogens with one attached hydrogen (secondary N) is 1. The van der Waals surface area contributed by atoms with E-state index in [0.29, 0.717) is 6.61 Å². The van der Waals surface area contributed by atoms with Crippen molar-refractivity contribution in [1.82, 2.24) is 0 Å². The summed E-state index contributed by atoms with van der Waals surface area (Å²) >= 11 is 0. The molecule has 4 rings (SSSR count). The highest BCUT2D eigenvalue weighted by Crippen LogP contribution is 2.22. The topological polar surface area (TPSA) is 21.3 Å². The van der Waals surface area contributed by atoms with Gasteiger partial charge in [0.2, 0.25) is 0 Å². The van der Waals surface area contributed by atoms with Gasteiger partial charge in [0.1, 0.15) is 12.4 Å². The molecular weight excluding hydrogens is 342 g/mol. The highest BCUT2D eigenvalue weighted by atomic mass is 16.5. The molecule has 0 aromatic heterocycles. The molecule has 140 valence electrons. The Balaban J connectivity index is 1.39. The van der Waals surface area contributed by atoms with Gasteiger partial charge in [-0.15, -0.1) is 0 Å². The smallest absolute Gasteiger partial charge is 0.119 e. The number of hydrogen-bond acceptors (Lipinski definition) is 2. The SMILES string of the molecule is Cc1ccc(C)c(NCc2ccc(OCc3cccc4ccccc34)cc2)c1.